The summed E-state index contributed by atoms with van der Waals surface area (Å²) < 4.78 is 24.6. The summed E-state index contributed by atoms with van der Waals surface area (Å²) in [6.45, 7) is 33.8. The average Bonchev–Trinajstić information content (AvgIpc) is 1.71. The summed E-state index contributed by atoms with van der Waals surface area (Å²) in [5, 5.41) is 18.8. The van der Waals surface area contributed by atoms with E-state index in [2.05, 4.69) is 335 Å². The first-order valence-electron chi connectivity index (χ1n) is 42.5. The van der Waals surface area contributed by atoms with Crippen LogP contribution in [0, 0.1) is 91.6 Å². The van der Waals surface area contributed by atoms with Crippen LogP contribution in [0.2, 0.25) is 0 Å². The second kappa shape index (κ2) is 44.9. The number of benzene rings is 10. The van der Waals surface area contributed by atoms with E-state index in [1.165, 1.54) is 65.0 Å². The maximum atomic E-state index is 11.2. The van der Waals surface area contributed by atoms with Crippen molar-refractivity contribution in [2.75, 3.05) is 13.2 Å². The van der Waals surface area contributed by atoms with E-state index in [1.807, 2.05) is 93.4 Å². The van der Waals surface area contributed by atoms with Gasteiger partial charge in [0.1, 0.15) is 52.2 Å². The van der Waals surface area contributed by atoms with Gasteiger partial charge in [-0.25, -0.2) is 24.9 Å². The first-order chi connectivity index (χ1) is 59.3. The summed E-state index contributed by atoms with van der Waals surface area (Å²) in [5.74, 6) is 7.11. The van der Waals surface area contributed by atoms with Gasteiger partial charge in [0, 0.05) is 133 Å². The van der Waals surface area contributed by atoms with E-state index >= 15 is 0 Å². The number of para-hydroxylation sites is 3. The van der Waals surface area contributed by atoms with Crippen LogP contribution in [-0.4, -0.2) is 82.9 Å². The Morgan fingerprint density at radius 3 is 0.902 bits per heavy atom. The lowest BCUT2D eigenvalue weighted by molar-refractivity contribution is -0.138. The maximum Gasteiger partial charge on any atom is 0.303 e. The topological polar surface area (TPSA) is 182 Å². The Morgan fingerprint density at radius 2 is 0.602 bits per heavy atom. The number of aliphatic carboxylic acids is 1. The molecule has 5 heterocycles. The molecule has 0 bridgehead atoms. The normalized spacial score (nSPS) is 11.4. The third-order valence-electron chi connectivity index (χ3n) is 22.1. The van der Waals surface area contributed by atoms with Gasteiger partial charge in [-0.05, 0) is 196 Å². The van der Waals surface area contributed by atoms with Crippen LogP contribution in [0.15, 0.2) is 274 Å². The molecule has 15 rings (SSSR count). The zero-order chi connectivity index (χ0) is 87.5. The van der Waals surface area contributed by atoms with Crippen LogP contribution in [0.25, 0.3) is 56.9 Å². The van der Waals surface area contributed by atoms with E-state index in [0.717, 1.165) is 135 Å². The molecule has 0 fully saturated rings. The van der Waals surface area contributed by atoms with Crippen molar-refractivity contribution in [3.8, 4) is 74.2 Å². The minimum Gasteiger partial charge on any atom is -0.508 e. The van der Waals surface area contributed by atoms with Gasteiger partial charge < -0.3 is 47.3 Å². The highest BCUT2D eigenvalue weighted by atomic mass is 127. The number of Topliss-reactive ketones (excluding diaryl/α,β-unsaturated/α-hetero) is 1. The molecule has 634 valence electrons. The van der Waals surface area contributed by atoms with Crippen LogP contribution in [0.5, 0.6) is 17.2 Å². The smallest absolute Gasteiger partial charge is 0.303 e. The molecule has 15 aromatic rings. The largest absolute Gasteiger partial charge is 0.508 e. The lowest BCUT2D eigenvalue weighted by Gasteiger charge is -2.15. The predicted molar refractivity (Wildman–Crippen MR) is 508 cm³/mol. The fourth-order valence-electron chi connectivity index (χ4n) is 14.7. The number of carboxylic acid groups (broad SMARTS) is 1. The van der Waals surface area contributed by atoms with E-state index in [1.54, 1.807) is 13.0 Å². The van der Waals surface area contributed by atoms with Crippen molar-refractivity contribution in [1.82, 2.24) is 47.8 Å². The Morgan fingerprint density at radius 1 is 0.341 bits per heavy atom. The van der Waals surface area contributed by atoms with Gasteiger partial charge in [0.15, 0.2) is 0 Å². The van der Waals surface area contributed by atoms with E-state index < -0.39 is 5.97 Å². The summed E-state index contributed by atoms with van der Waals surface area (Å²) in [7, 11) is 0. The molecule has 0 radical (unpaired) electrons. The van der Waals surface area contributed by atoms with E-state index in [0.29, 0.717) is 50.9 Å². The zero-order valence-electron chi connectivity index (χ0n) is 73.7. The predicted octanol–water partition coefficient (Wildman–Crippen LogP) is 24.7. The van der Waals surface area contributed by atoms with Crippen molar-refractivity contribution in [2.45, 2.75) is 168 Å². The Hall–Kier alpha value is -12.5. The number of hydrogen-bond donors (Lipinski definition) is 2. The third-order valence-corrected chi connectivity index (χ3v) is 22.8. The van der Waals surface area contributed by atoms with Crippen LogP contribution >= 0.6 is 22.6 Å². The number of ketones is 1. The first kappa shape index (κ1) is 91.3. The van der Waals surface area contributed by atoms with E-state index in [-0.39, 0.29) is 18.1 Å². The Kier molecular flexibility index (Phi) is 33.3. The number of aryl methyl sites for hydroxylation is 11. The summed E-state index contributed by atoms with van der Waals surface area (Å²) >= 11 is 2.33. The van der Waals surface area contributed by atoms with Crippen molar-refractivity contribution >= 4 is 34.3 Å². The molecule has 0 aliphatic heterocycles. The number of hydrogen-bond acceptors (Lipinski definition) is 10. The highest BCUT2D eigenvalue weighted by Crippen LogP contribution is 2.32. The molecule has 0 saturated carbocycles. The highest BCUT2D eigenvalue weighted by Gasteiger charge is 2.19. The molecule has 17 heteroatoms. The quantitative estimate of drug-likeness (QED) is 0.0336. The standard InChI is InChI=1S/C26H32N2O2.C25H30N2O3.C19H20N2.C18H17IN2.C18H18N2O/c1-19-11-13-23(14-12-19)26-27-17-21(3)28(26)18-24-9-5-6-10-25(24)30-15-7-8-20(2)16-22(4)29;1-18-10-12-21(13-11-18)25-26-16-20(3)27(25)17-22-8-4-5-9-23(22)30-14-6-7-19(2)15-24(28)29;1-14-8-10-17(11-9-14)19-20-12-16(3)21(19)13-18-7-5-4-6-15(18)2;1-13-5-3-4-6-16(13)12-21-14(2)11-20-18(21)15-7-9-17(19)10-8-15;1-13-7-9-15(10-8-13)18-19-11-14(2)20(18)12-16-5-3-4-6-17(16)21/h5-6,9-14,17,20H,7-8,15-16,18H2,1-4H3;4-5,8-13,16,19H,6-7,14-15,17H2,1-3H3,(H,28,29);4-12H,13H2,1-3H3;3-11H,12H2,1-2H3;3-11,21H,12H2,1-2H3/t20-;19-;;;/m11.../s1. The van der Waals surface area contributed by atoms with Crippen LogP contribution in [-0.2, 0) is 42.3 Å². The SMILES string of the molecule is CC(=O)C[C@H](C)CCCOc1ccccc1Cn1c(C)cnc1-c1ccc(C)cc1.Cc1ccc(-c2ncc(C)n2Cc2ccccc2C)cc1.Cc1ccc(-c2ncc(C)n2Cc2ccccc2O)cc1.Cc1ccc(-c2ncc(C)n2Cc2ccccc2OCCC[C@@H](C)CC(=O)O)cc1.Cc1ccccc1Cn1c(C)cnc1-c1ccc(I)cc1. The van der Waals surface area contributed by atoms with Crippen LogP contribution in [0.3, 0.4) is 0 Å². The number of imidazole rings is 5. The Labute approximate surface area is 740 Å². The summed E-state index contributed by atoms with van der Waals surface area (Å²) in [6, 6.07) is 83.1. The average molecular weight is 1750 g/mol. The molecule has 0 unspecified atom stereocenters. The van der Waals surface area contributed by atoms with E-state index in [4.69, 9.17) is 14.6 Å². The summed E-state index contributed by atoms with van der Waals surface area (Å²) in [4.78, 5) is 45.1. The van der Waals surface area contributed by atoms with Crippen LogP contribution < -0.4 is 9.47 Å². The number of aromatic nitrogens is 10. The number of rotatable bonds is 29. The molecule has 2 atom stereocenters. The zero-order valence-corrected chi connectivity index (χ0v) is 75.9. The molecular weight excluding hydrogens is 1640 g/mol. The summed E-state index contributed by atoms with van der Waals surface area (Å²) in [5.41, 5.74) is 24.7. The maximum absolute atomic E-state index is 11.2. The highest BCUT2D eigenvalue weighted by molar-refractivity contribution is 14.1. The fraction of sp³-hybridized carbons (Fsp3) is 0.274. The molecule has 5 aromatic heterocycles. The number of phenols is 1. The lowest BCUT2D eigenvalue weighted by atomic mass is 10.00. The van der Waals surface area contributed by atoms with Gasteiger partial charge in [0.25, 0.3) is 0 Å². The van der Waals surface area contributed by atoms with Gasteiger partial charge in [-0.15, -0.1) is 0 Å². The minimum absolute atomic E-state index is 0.159. The molecule has 123 heavy (non-hydrogen) atoms. The molecule has 0 amide bonds. The molecular formula is C106H117IN10O6. The number of carboxylic acids is 1. The van der Waals surface area contributed by atoms with Crippen molar-refractivity contribution in [3.05, 3.63) is 367 Å². The van der Waals surface area contributed by atoms with Gasteiger partial charge in [0.2, 0.25) is 0 Å². The van der Waals surface area contributed by atoms with Gasteiger partial charge >= 0.3 is 5.97 Å². The fourth-order valence-corrected chi connectivity index (χ4v) is 15.1. The van der Waals surface area contributed by atoms with Crippen LogP contribution in [0.1, 0.15) is 149 Å². The van der Waals surface area contributed by atoms with Gasteiger partial charge in [-0.3, -0.25) is 4.79 Å². The number of phenolic OH excluding ortho intramolecular Hbond substituents is 1. The first-order valence-corrected chi connectivity index (χ1v) is 43.5. The van der Waals surface area contributed by atoms with Crippen LogP contribution in [0.4, 0.5) is 0 Å². The monoisotopic (exact) mass is 1750 g/mol. The van der Waals surface area contributed by atoms with Crippen molar-refractivity contribution in [2.24, 2.45) is 11.8 Å². The number of carbonyl (C=O) groups is 2. The third kappa shape index (κ3) is 26.3. The molecule has 2 N–H and O–H groups in total. The molecule has 0 aliphatic carbocycles. The molecule has 0 aliphatic rings. The molecule has 0 spiro atoms. The minimum atomic E-state index is -0.742. The lowest BCUT2D eigenvalue weighted by Crippen LogP contribution is -2.09. The van der Waals surface area contributed by atoms with Gasteiger partial charge in [-0.1, -0.05) is 248 Å². The van der Waals surface area contributed by atoms with Gasteiger partial charge in [0.05, 0.1) is 32.8 Å². The van der Waals surface area contributed by atoms with Crippen molar-refractivity contribution in [3.63, 3.8) is 0 Å². The second-order valence-corrected chi connectivity index (χ2v) is 33.7. The Balaban J connectivity index is 0.000000151. The number of aromatic hydroxyl groups is 1. The van der Waals surface area contributed by atoms with Crippen molar-refractivity contribution < 1.29 is 29.3 Å². The Bertz CT molecular complexity index is 5420. The number of carbonyl (C=O) groups excluding carboxylic acids is 1. The number of ether oxygens (including phenoxy) is 2. The summed E-state index contributed by atoms with van der Waals surface area (Å²) in [6.07, 6.45) is 14.1. The van der Waals surface area contributed by atoms with Gasteiger partial charge in [-0.2, -0.15) is 0 Å². The number of nitrogens with zero attached hydrogens (tertiary/aromatic N) is 10. The van der Waals surface area contributed by atoms with Crippen molar-refractivity contribution in [1.29, 1.82) is 0 Å². The second-order valence-electron chi connectivity index (χ2n) is 32.4. The molecule has 0 saturated heterocycles. The number of halogens is 1. The van der Waals surface area contributed by atoms with E-state index in [9.17, 15) is 14.7 Å². The molecule has 10 aromatic carbocycles. The molecule has 16 nitrogen and oxygen atoms in total.